The number of nitrogens with zero attached hydrogens (tertiary/aromatic N) is 5. The molecule has 0 saturated carbocycles. The number of carbonyl (C=O) groups is 1. The highest BCUT2D eigenvalue weighted by molar-refractivity contribution is 5.92. The van der Waals surface area contributed by atoms with Gasteiger partial charge in [0.25, 0.3) is 5.91 Å². The summed E-state index contributed by atoms with van der Waals surface area (Å²) in [6.45, 7) is 3.75. The van der Waals surface area contributed by atoms with Gasteiger partial charge in [0.05, 0.1) is 16.8 Å². The minimum Gasteiger partial charge on any atom is -0.466 e. The van der Waals surface area contributed by atoms with Crippen molar-refractivity contribution in [3.05, 3.63) is 71.9 Å². The van der Waals surface area contributed by atoms with Gasteiger partial charge in [0.2, 0.25) is 5.88 Å². The van der Waals surface area contributed by atoms with Gasteiger partial charge in [-0.05, 0) is 61.9 Å². The van der Waals surface area contributed by atoms with Gasteiger partial charge in [0.15, 0.2) is 12.3 Å². The van der Waals surface area contributed by atoms with E-state index >= 15 is 0 Å². The quantitative estimate of drug-likeness (QED) is 0.448. The number of hydrogen-bond donors (Lipinski definition) is 1. The van der Waals surface area contributed by atoms with Gasteiger partial charge < -0.3 is 10.1 Å². The monoisotopic (exact) mass is 414 g/mol. The van der Waals surface area contributed by atoms with Gasteiger partial charge in [-0.2, -0.15) is 10.2 Å². The van der Waals surface area contributed by atoms with Crippen molar-refractivity contribution in [1.82, 2.24) is 14.8 Å². The molecule has 8 heteroatoms. The number of carbonyl (C=O) groups excluding carboxylic acids is 1. The number of aromatic nitrogens is 3. The Morgan fingerprint density at radius 1 is 1.03 bits per heavy atom. The number of azo groups is 1. The third kappa shape index (κ3) is 4.75. The van der Waals surface area contributed by atoms with E-state index < -0.39 is 0 Å². The fourth-order valence-electron chi connectivity index (χ4n) is 3.20. The van der Waals surface area contributed by atoms with Gasteiger partial charge in [-0.25, -0.2) is 9.67 Å². The number of benzene rings is 2. The van der Waals surface area contributed by atoms with Gasteiger partial charge in [-0.3, -0.25) is 4.79 Å². The van der Waals surface area contributed by atoms with E-state index in [2.05, 4.69) is 25.6 Å². The molecule has 0 unspecified atom stereocenters. The molecule has 0 atom stereocenters. The van der Waals surface area contributed by atoms with Crippen molar-refractivity contribution in [2.45, 2.75) is 13.8 Å². The minimum atomic E-state index is -0.282. The summed E-state index contributed by atoms with van der Waals surface area (Å²) in [7, 11) is 1.80. The molecule has 1 N–H and O–H groups in total. The first-order valence-electron chi connectivity index (χ1n) is 9.80. The van der Waals surface area contributed by atoms with E-state index in [-0.39, 0.29) is 12.5 Å². The summed E-state index contributed by atoms with van der Waals surface area (Å²) in [6.07, 6.45) is 0. The second-order valence-electron chi connectivity index (χ2n) is 7.13. The van der Waals surface area contributed by atoms with Gasteiger partial charge in [-0.1, -0.05) is 18.2 Å². The number of hydrogen-bond acceptors (Lipinski definition) is 6. The number of nitrogens with one attached hydrogen (secondary N) is 1. The van der Waals surface area contributed by atoms with Crippen molar-refractivity contribution in [3.8, 4) is 5.88 Å². The van der Waals surface area contributed by atoms with E-state index in [9.17, 15) is 4.79 Å². The van der Waals surface area contributed by atoms with Crippen LogP contribution in [-0.4, -0.2) is 27.3 Å². The Labute approximate surface area is 179 Å². The molecule has 0 spiro atoms. The van der Waals surface area contributed by atoms with Crippen LogP contribution in [0, 0.1) is 13.8 Å². The average molecular weight is 414 g/mol. The Balaban J connectivity index is 1.37. The maximum atomic E-state index is 12.3. The average Bonchev–Trinajstić information content (AvgIpc) is 3.08. The van der Waals surface area contributed by atoms with Crippen LogP contribution >= 0.6 is 0 Å². The highest BCUT2D eigenvalue weighted by Crippen LogP contribution is 2.27. The Morgan fingerprint density at radius 2 is 1.71 bits per heavy atom. The first-order valence-corrected chi connectivity index (χ1v) is 9.80. The third-order valence-corrected chi connectivity index (χ3v) is 4.61. The zero-order chi connectivity index (χ0) is 21.8. The number of rotatable bonds is 6. The van der Waals surface area contributed by atoms with Crippen LogP contribution in [0.2, 0.25) is 0 Å². The first kappa shape index (κ1) is 20.2. The van der Waals surface area contributed by atoms with E-state index in [1.807, 2.05) is 50.2 Å². The normalized spacial score (nSPS) is 11.2. The molecule has 2 heterocycles. The smallest absolute Gasteiger partial charge is 0.262 e. The molecule has 0 fully saturated rings. The Kier molecular flexibility index (Phi) is 5.70. The number of aryl methyl sites for hydroxylation is 3. The van der Waals surface area contributed by atoms with Crippen LogP contribution < -0.4 is 10.1 Å². The zero-order valence-electron chi connectivity index (χ0n) is 17.5. The zero-order valence-corrected chi connectivity index (χ0v) is 17.5. The summed E-state index contributed by atoms with van der Waals surface area (Å²) >= 11 is 0. The second kappa shape index (κ2) is 8.74. The van der Waals surface area contributed by atoms with E-state index in [1.165, 1.54) is 0 Å². The highest BCUT2D eigenvalue weighted by Gasteiger charge is 2.15. The molecule has 8 nitrogen and oxygen atoms in total. The van der Waals surface area contributed by atoms with Crippen molar-refractivity contribution in [2.75, 3.05) is 11.9 Å². The maximum Gasteiger partial charge on any atom is 0.262 e. The van der Waals surface area contributed by atoms with Crippen LogP contribution in [0.4, 0.5) is 17.1 Å². The van der Waals surface area contributed by atoms with Crippen LogP contribution in [0.3, 0.4) is 0 Å². The molecule has 0 aliphatic carbocycles. The maximum absolute atomic E-state index is 12.3. The molecule has 2 aromatic carbocycles. The standard InChI is InChI=1S/C23H22N6O2/c1-15-13-16(2)24-22-21(15)23(28-29(22)3)31-14-20(30)25-17-9-11-19(12-10-17)27-26-18-7-5-4-6-8-18/h4-13H,14H2,1-3H3,(H,25,30). The van der Waals surface area contributed by atoms with E-state index in [1.54, 1.807) is 36.0 Å². The summed E-state index contributed by atoms with van der Waals surface area (Å²) in [4.78, 5) is 16.8. The summed E-state index contributed by atoms with van der Waals surface area (Å²) in [5.41, 5.74) is 4.76. The van der Waals surface area contributed by atoms with E-state index in [4.69, 9.17) is 4.74 Å². The molecule has 0 saturated heterocycles. The minimum absolute atomic E-state index is 0.158. The lowest BCUT2D eigenvalue weighted by molar-refractivity contribution is -0.118. The number of ether oxygens (including phenoxy) is 1. The SMILES string of the molecule is Cc1cc(C)c2c(OCC(=O)Nc3ccc(N=Nc4ccccc4)cc3)nn(C)c2n1. The summed E-state index contributed by atoms with van der Waals surface area (Å²) in [5.74, 6) is 0.115. The fraction of sp³-hybridized carbons (Fsp3) is 0.174. The second-order valence-corrected chi connectivity index (χ2v) is 7.13. The lowest BCUT2D eigenvalue weighted by Gasteiger charge is -2.07. The molecule has 0 bridgehead atoms. The van der Waals surface area contributed by atoms with Crippen LogP contribution in [0.1, 0.15) is 11.3 Å². The number of pyridine rings is 1. The van der Waals surface area contributed by atoms with Crippen LogP contribution in [-0.2, 0) is 11.8 Å². The van der Waals surface area contributed by atoms with Gasteiger partial charge in [0.1, 0.15) is 0 Å². The molecule has 0 radical (unpaired) electrons. The largest absolute Gasteiger partial charge is 0.466 e. The van der Waals surface area contributed by atoms with Crippen molar-refractivity contribution in [1.29, 1.82) is 0 Å². The molecule has 4 rings (SSSR count). The predicted molar refractivity (Wildman–Crippen MR) is 119 cm³/mol. The molecule has 31 heavy (non-hydrogen) atoms. The van der Waals surface area contributed by atoms with Crippen molar-refractivity contribution >= 4 is 34.0 Å². The van der Waals surface area contributed by atoms with Gasteiger partial charge in [0, 0.05) is 18.4 Å². The third-order valence-electron chi connectivity index (χ3n) is 4.61. The molecular weight excluding hydrogens is 392 g/mol. The lowest BCUT2D eigenvalue weighted by Crippen LogP contribution is -2.20. The molecule has 4 aromatic rings. The van der Waals surface area contributed by atoms with Gasteiger partial charge in [-0.15, -0.1) is 5.10 Å². The molecule has 1 amide bonds. The number of amides is 1. The van der Waals surface area contributed by atoms with Crippen LogP contribution in [0.25, 0.3) is 11.0 Å². The van der Waals surface area contributed by atoms with Gasteiger partial charge >= 0.3 is 0 Å². The van der Waals surface area contributed by atoms with E-state index in [0.29, 0.717) is 17.3 Å². The molecule has 0 aliphatic heterocycles. The van der Waals surface area contributed by atoms with E-state index in [0.717, 1.165) is 28.0 Å². The number of fused-ring (bicyclic) bond motifs is 1. The summed E-state index contributed by atoms with van der Waals surface area (Å²) in [6, 6.07) is 18.6. The summed E-state index contributed by atoms with van der Waals surface area (Å²) < 4.78 is 7.35. The molecule has 0 aliphatic rings. The van der Waals surface area contributed by atoms with Crippen molar-refractivity contribution < 1.29 is 9.53 Å². The van der Waals surface area contributed by atoms with Crippen LogP contribution in [0.15, 0.2) is 70.9 Å². The highest BCUT2D eigenvalue weighted by atomic mass is 16.5. The Hall–Kier alpha value is -4.07. The molecular formula is C23H22N6O2. The fourth-order valence-corrected chi connectivity index (χ4v) is 3.20. The molecule has 2 aromatic heterocycles. The summed E-state index contributed by atoms with van der Waals surface area (Å²) in [5, 5.41) is 16.3. The van der Waals surface area contributed by atoms with Crippen molar-refractivity contribution in [2.24, 2.45) is 17.3 Å². The lowest BCUT2D eigenvalue weighted by atomic mass is 10.2. The van der Waals surface area contributed by atoms with Crippen LogP contribution in [0.5, 0.6) is 5.88 Å². The number of anilines is 1. The molecule has 156 valence electrons. The Bertz CT molecular complexity index is 1250. The Morgan fingerprint density at radius 3 is 2.42 bits per heavy atom. The topological polar surface area (TPSA) is 93.8 Å². The van der Waals surface area contributed by atoms with Crippen molar-refractivity contribution in [3.63, 3.8) is 0 Å². The predicted octanol–water partition coefficient (Wildman–Crippen LogP) is 5.02. The first-order chi connectivity index (χ1) is 15.0.